The van der Waals surface area contributed by atoms with Gasteiger partial charge < -0.3 is 18.8 Å². The predicted octanol–water partition coefficient (Wildman–Crippen LogP) is 2.88. The first-order valence-corrected chi connectivity index (χ1v) is 6.38. The number of imidazole rings is 1. The second kappa shape index (κ2) is 5.52. The molecule has 1 aromatic carbocycles. The van der Waals surface area contributed by atoms with Crippen LogP contribution in [0.5, 0.6) is 17.2 Å². The zero-order valence-corrected chi connectivity index (χ0v) is 12.8. The standard InChI is InChI=1S/C13H15BrN2O3/c1-16-7-15-12(13(16)14)11-9(18-3)5-8(17-2)6-10(11)19-4/h5-7H,1-4H3. The molecule has 0 aliphatic carbocycles. The van der Waals surface area contributed by atoms with Crippen LogP contribution in [0.3, 0.4) is 0 Å². The van der Waals surface area contributed by atoms with Crippen LogP contribution in [0.4, 0.5) is 0 Å². The largest absolute Gasteiger partial charge is 0.496 e. The molecule has 0 N–H and O–H groups in total. The van der Waals surface area contributed by atoms with Crippen molar-refractivity contribution in [1.29, 1.82) is 0 Å². The molecular weight excluding hydrogens is 312 g/mol. The molecule has 102 valence electrons. The van der Waals surface area contributed by atoms with Crippen LogP contribution in [0.15, 0.2) is 23.1 Å². The smallest absolute Gasteiger partial charge is 0.135 e. The van der Waals surface area contributed by atoms with Gasteiger partial charge in [0.05, 0.1) is 33.2 Å². The molecule has 1 aromatic heterocycles. The van der Waals surface area contributed by atoms with Gasteiger partial charge in [-0.3, -0.25) is 0 Å². The third-order valence-corrected chi connectivity index (χ3v) is 3.75. The Morgan fingerprint density at radius 1 is 1.05 bits per heavy atom. The van der Waals surface area contributed by atoms with Crippen molar-refractivity contribution in [2.45, 2.75) is 0 Å². The molecule has 0 fully saturated rings. The number of benzene rings is 1. The van der Waals surface area contributed by atoms with Crippen LogP contribution in [-0.2, 0) is 7.05 Å². The molecule has 0 radical (unpaired) electrons. The average molecular weight is 327 g/mol. The quantitative estimate of drug-likeness (QED) is 0.866. The van der Waals surface area contributed by atoms with Crippen LogP contribution in [0.1, 0.15) is 0 Å². The van der Waals surface area contributed by atoms with E-state index in [0.29, 0.717) is 17.2 Å². The maximum Gasteiger partial charge on any atom is 0.135 e. The van der Waals surface area contributed by atoms with Gasteiger partial charge in [-0.2, -0.15) is 0 Å². The molecule has 0 aliphatic heterocycles. The van der Waals surface area contributed by atoms with Crippen LogP contribution >= 0.6 is 15.9 Å². The molecule has 0 saturated carbocycles. The molecule has 0 bridgehead atoms. The highest BCUT2D eigenvalue weighted by Gasteiger charge is 2.20. The first-order chi connectivity index (χ1) is 9.12. The van der Waals surface area contributed by atoms with Crippen molar-refractivity contribution in [3.8, 4) is 28.5 Å². The minimum atomic E-state index is 0.649. The number of methoxy groups -OCH3 is 3. The van der Waals surface area contributed by atoms with Gasteiger partial charge in [-0.15, -0.1) is 0 Å². The normalized spacial score (nSPS) is 10.4. The van der Waals surface area contributed by atoms with E-state index in [1.165, 1.54) is 0 Å². The summed E-state index contributed by atoms with van der Waals surface area (Å²) >= 11 is 3.51. The number of hydrogen-bond donors (Lipinski definition) is 0. The first-order valence-electron chi connectivity index (χ1n) is 5.59. The van der Waals surface area contributed by atoms with Crippen LogP contribution in [0.25, 0.3) is 11.3 Å². The Balaban J connectivity index is 2.70. The Morgan fingerprint density at radius 3 is 2.00 bits per heavy atom. The van der Waals surface area contributed by atoms with Gasteiger partial charge in [-0.05, 0) is 15.9 Å². The molecule has 0 atom stereocenters. The predicted molar refractivity (Wildman–Crippen MR) is 76.0 cm³/mol. The van der Waals surface area contributed by atoms with Crippen molar-refractivity contribution in [3.63, 3.8) is 0 Å². The number of hydrogen-bond acceptors (Lipinski definition) is 4. The van der Waals surface area contributed by atoms with E-state index in [1.54, 1.807) is 39.8 Å². The average Bonchev–Trinajstić information content (AvgIpc) is 2.77. The van der Waals surface area contributed by atoms with E-state index in [1.807, 2.05) is 11.6 Å². The zero-order chi connectivity index (χ0) is 14.0. The van der Waals surface area contributed by atoms with E-state index in [2.05, 4.69) is 20.9 Å². The topological polar surface area (TPSA) is 45.5 Å². The summed E-state index contributed by atoms with van der Waals surface area (Å²) in [5.41, 5.74) is 1.55. The third-order valence-electron chi connectivity index (χ3n) is 2.82. The fourth-order valence-electron chi connectivity index (χ4n) is 1.82. The maximum atomic E-state index is 5.42. The van der Waals surface area contributed by atoms with Crippen molar-refractivity contribution in [2.75, 3.05) is 21.3 Å². The summed E-state index contributed by atoms with van der Waals surface area (Å²) in [5.74, 6) is 1.97. The van der Waals surface area contributed by atoms with Crippen molar-refractivity contribution in [3.05, 3.63) is 23.1 Å². The number of aromatic nitrogens is 2. The van der Waals surface area contributed by atoms with E-state index in [4.69, 9.17) is 14.2 Å². The lowest BCUT2D eigenvalue weighted by atomic mass is 10.1. The third kappa shape index (κ3) is 2.40. The molecule has 5 nitrogen and oxygen atoms in total. The van der Waals surface area contributed by atoms with Crippen LogP contribution in [-0.4, -0.2) is 30.9 Å². The lowest BCUT2D eigenvalue weighted by Crippen LogP contribution is -1.96. The van der Waals surface area contributed by atoms with Crippen molar-refractivity contribution < 1.29 is 14.2 Å². The van der Waals surface area contributed by atoms with Gasteiger partial charge in [0, 0.05) is 19.2 Å². The number of aryl methyl sites for hydroxylation is 1. The lowest BCUT2D eigenvalue weighted by molar-refractivity contribution is 0.377. The summed E-state index contributed by atoms with van der Waals surface area (Å²) in [4.78, 5) is 4.37. The lowest BCUT2D eigenvalue weighted by Gasteiger charge is -2.14. The minimum absolute atomic E-state index is 0.649. The van der Waals surface area contributed by atoms with E-state index >= 15 is 0 Å². The minimum Gasteiger partial charge on any atom is -0.496 e. The zero-order valence-electron chi connectivity index (χ0n) is 11.2. The van der Waals surface area contributed by atoms with Gasteiger partial charge in [0.25, 0.3) is 0 Å². The Labute approximate surface area is 120 Å². The van der Waals surface area contributed by atoms with Gasteiger partial charge >= 0.3 is 0 Å². The van der Waals surface area contributed by atoms with Crippen molar-refractivity contribution >= 4 is 15.9 Å². The van der Waals surface area contributed by atoms with Gasteiger partial charge in [0.15, 0.2) is 0 Å². The molecule has 2 aromatic rings. The molecule has 6 heteroatoms. The fourth-order valence-corrected chi connectivity index (χ4v) is 2.21. The molecule has 0 spiro atoms. The highest BCUT2D eigenvalue weighted by molar-refractivity contribution is 9.10. The summed E-state index contributed by atoms with van der Waals surface area (Å²) in [5, 5.41) is 0. The first kappa shape index (κ1) is 13.7. The van der Waals surface area contributed by atoms with E-state index in [9.17, 15) is 0 Å². The second-order valence-electron chi connectivity index (χ2n) is 3.90. The Hall–Kier alpha value is -1.69. The molecule has 2 rings (SSSR count). The van der Waals surface area contributed by atoms with Gasteiger partial charge in [-0.1, -0.05) is 0 Å². The molecule has 0 saturated heterocycles. The van der Waals surface area contributed by atoms with Crippen LogP contribution in [0, 0.1) is 0 Å². The van der Waals surface area contributed by atoms with E-state index in [0.717, 1.165) is 15.9 Å². The van der Waals surface area contributed by atoms with Gasteiger partial charge in [-0.25, -0.2) is 4.98 Å². The Bertz CT molecular complexity index is 571. The Kier molecular flexibility index (Phi) is 3.99. The highest BCUT2D eigenvalue weighted by Crippen LogP contribution is 2.43. The summed E-state index contributed by atoms with van der Waals surface area (Å²) in [6, 6.07) is 3.61. The number of halogens is 1. The van der Waals surface area contributed by atoms with Crippen LogP contribution < -0.4 is 14.2 Å². The summed E-state index contributed by atoms with van der Waals surface area (Å²) in [7, 11) is 6.72. The Morgan fingerprint density at radius 2 is 1.63 bits per heavy atom. The monoisotopic (exact) mass is 326 g/mol. The molecule has 0 unspecified atom stereocenters. The van der Waals surface area contributed by atoms with Crippen molar-refractivity contribution in [1.82, 2.24) is 9.55 Å². The highest BCUT2D eigenvalue weighted by atomic mass is 79.9. The summed E-state index contributed by atoms with van der Waals surface area (Å²) < 4.78 is 18.8. The summed E-state index contributed by atoms with van der Waals surface area (Å²) in [6.07, 6.45) is 1.72. The van der Waals surface area contributed by atoms with Crippen LogP contribution in [0.2, 0.25) is 0 Å². The summed E-state index contributed by atoms with van der Waals surface area (Å²) in [6.45, 7) is 0. The number of rotatable bonds is 4. The van der Waals surface area contributed by atoms with Gasteiger partial charge in [0.2, 0.25) is 0 Å². The maximum absolute atomic E-state index is 5.42. The molecule has 0 amide bonds. The molecule has 0 aliphatic rings. The number of ether oxygens (including phenoxy) is 3. The fraction of sp³-hybridized carbons (Fsp3) is 0.308. The van der Waals surface area contributed by atoms with Crippen molar-refractivity contribution in [2.24, 2.45) is 7.05 Å². The van der Waals surface area contributed by atoms with Gasteiger partial charge in [0.1, 0.15) is 27.5 Å². The van der Waals surface area contributed by atoms with E-state index in [-0.39, 0.29) is 0 Å². The number of nitrogens with zero attached hydrogens (tertiary/aromatic N) is 2. The second-order valence-corrected chi connectivity index (χ2v) is 4.65. The molecular formula is C13H15BrN2O3. The molecule has 1 heterocycles. The molecule has 19 heavy (non-hydrogen) atoms. The van der Waals surface area contributed by atoms with E-state index < -0.39 is 0 Å². The SMILES string of the molecule is COc1cc(OC)c(-c2ncn(C)c2Br)c(OC)c1.